The van der Waals surface area contributed by atoms with E-state index in [0.717, 1.165) is 5.56 Å². The monoisotopic (exact) mass is 525 g/mol. The van der Waals surface area contributed by atoms with E-state index in [0.29, 0.717) is 49.0 Å². The van der Waals surface area contributed by atoms with Crippen molar-refractivity contribution in [1.29, 1.82) is 5.26 Å². The number of fused-ring (bicyclic) bond motifs is 1. The summed E-state index contributed by atoms with van der Waals surface area (Å²) in [7, 11) is 1.57. The number of hydrogen-bond donors (Lipinski definition) is 0. The maximum absolute atomic E-state index is 13.7. The summed E-state index contributed by atoms with van der Waals surface area (Å²) in [6, 6.07) is 19.3. The van der Waals surface area contributed by atoms with Gasteiger partial charge in [0.2, 0.25) is 0 Å². The highest BCUT2D eigenvalue weighted by Gasteiger charge is 2.33. The number of allylic oxidation sites excluding steroid dienone is 1. The lowest BCUT2D eigenvalue weighted by Gasteiger charge is -2.24. The Labute approximate surface area is 222 Å². The zero-order chi connectivity index (χ0) is 26.8. The molecule has 0 fully saturated rings. The maximum atomic E-state index is 13.7. The first-order valence-electron chi connectivity index (χ1n) is 11.9. The number of rotatable bonds is 6. The number of methoxy groups -OCH3 is 1. The van der Waals surface area contributed by atoms with Crippen molar-refractivity contribution in [2.24, 2.45) is 4.99 Å². The molecule has 0 bridgehead atoms. The van der Waals surface area contributed by atoms with Crippen molar-refractivity contribution in [2.75, 3.05) is 13.7 Å². The van der Waals surface area contributed by atoms with Gasteiger partial charge < -0.3 is 13.9 Å². The van der Waals surface area contributed by atoms with E-state index in [1.54, 1.807) is 63.4 Å². The van der Waals surface area contributed by atoms with Gasteiger partial charge in [0.25, 0.3) is 5.56 Å². The second kappa shape index (κ2) is 10.4. The smallest absolute Gasteiger partial charge is 0.338 e. The highest BCUT2D eigenvalue weighted by Crippen LogP contribution is 2.32. The van der Waals surface area contributed by atoms with Crippen LogP contribution in [0.15, 0.2) is 86.1 Å². The maximum Gasteiger partial charge on any atom is 0.338 e. The van der Waals surface area contributed by atoms with Crippen LogP contribution in [-0.2, 0) is 9.53 Å². The van der Waals surface area contributed by atoms with Crippen LogP contribution in [0, 0.1) is 11.3 Å². The van der Waals surface area contributed by atoms with Gasteiger partial charge in [-0.25, -0.2) is 9.79 Å². The standard InChI is InChI=1S/C29H23N3O5S/c1-4-36-28(34)25-17(2)31-29-32(26(25)18-9-11-20(35-3)12-10-18)27(33)24(38-29)15-21-13-14-23(37-21)22-8-6-5-7-19(22)16-30/h5-15,26H,4H2,1-3H3/b24-15+. The molecule has 1 atom stereocenters. The number of carbonyl (C=O) groups excluding carboxylic acids is 1. The molecule has 3 heterocycles. The molecule has 2 aromatic carbocycles. The van der Waals surface area contributed by atoms with Crippen molar-refractivity contribution in [3.63, 3.8) is 0 Å². The minimum Gasteiger partial charge on any atom is -0.497 e. The number of furan rings is 1. The number of carbonyl (C=O) groups is 1. The number of nitrogens with zero attached hydrogens (tertiary/aromatic N) is 3. The van der Waals surface area contributed by atoms with Gasteiger partial charge >= 0.3 is 5.97 Å². The van der Waals surface area contributed by atoms with Crippen LogP contribution in [-0.4, -0.2) is 24.3 Å². The van der Waals surface area contributed by atoms with E-state index in [4.69, 9.17) is 13.9 Å². The van der Waals surface area contributed by atoms with Crippen LogP contribution in [0.25, 0.3) is 17.4 Å². The fourth-order valence-corrected chi connectivity index (χ4v) is 5.42. The molecule has 0 radical (unpaired) electrons. The third kappa shape index (κ3) is 4.46. The molecule has 8 nitrogen and oxygen atoms in total. The number of aromatic nitrogens is 1. The molecule has 0 saturated heterocycles. The molecule has 1 unspecified atom stereocenters. The zero-order valence-electron chi connectivity index (χ0n) is 20.9. The molecule has 0 aliphatic carbocycles. The first-order valence-corrected chi connectivity index (χ1v) is 12.7. The summed E-state index contributed by atoms with van der Waals surface area (Å²) in [5, 5.41) is 9.42. The second-order valence-electron chi connectivity index (χ2n) is 8.43. The van der Waals surface area contributed by atoms with E-state index in [9.17, 15) is 14.9 Å². The van der Waals surface area contributed by atoms with Crippen LogP contribution in [0.4, 0.5) is 0 Å². The summed E-state index contributed by atoms with van der Waals surface area (Å²) in [6.07, 6.45) is 1.65. The Hall–Kier alpha value is -4.68. The Bertz CT molecular complexity index is 1780. The van der Waals surface area contributed by atoms with Gasteiger partial charge in [-0.05, 0) is 55.8 Å². The van der Waals surface area contributed by atoms with Crippen molar-refractivity contribution >= 4 is 23.4 Å². The van der Waals surface area contributed by atoms with E-state index in [2.05, 4.69) is 11.1 Å². The lowest BCUT2D eigenvalue weighted by atomic mass is 9.96. The second-order valence-corrected chi connectivity index (χ2v) is 9.44. The number of hydrogen-bond acceptors (Lipinski definition) is 8. The normalized spacial score (nSPS) is 15.0. The van der Waals surface area contributed by atoms with Crippen LogP contribution in [0.2, 0.25) is 0 Å². The van der Waals surface area contributed by atoms with Gasteiger partial charge in [-0.2, -0.15) is 5.26 Å². The van der Waals surface area contributed by atoms with Gasteiger partial charge in [0.15, 0.2) is 4.80 Å². The van der Waals surface area contributed by atoms with Crippen LogP contribution >= 0.6 is 11.3 Å². The molecule has 1 aliphatic heterocycles. The van der Waals surface area contributed by atoms with Crippen molar-refractivity contribution in [3.05, 3.63) is 109 Å². The van der Waals surface area contributed by atoms with Crippen LogP contribution < -0.4 is 19.6 Å². The fourth-order valence-electron chi connectivity index (χ4n) is 4.39. The van der Waals surface area contributed by atoms with Crippen LogP contribution in [0.3, 0.4) is 0 Å². The van der Waals surface area contributed by atoms with Gasteiger partial charge in [-0.15, -0.1) is 0 Å². The van der Waals surface area contributed by atoms with E-state index < -0.39 is 12.0 Å². The lowest BCUT2D eigenvalue weighted by Crippen LogP contribution is -2.39. The minimum absolute atomic E-state index is 0.200. The molecular weight excluding hydrogens is 502 g/mol. The van der Waals surface area contributed by atoms with E-state index in [-0.39, 0.29) is 12.2 Å². The topological polar surface area (TPSA) is 107 Å². The average molecular weight is 526 g/mol. The number of thiazole rings is 1. The van der Waals surface area contributed by atoms with E-state index >= 15 is 0 Å². The quantitative estimate of drug-likeness (QED) is 0.353. The first-order chi connectivity index (χ1) is 18.4. The fraction of sp³-hybridized carbons (Fsp3) is 0.172. The predicted octanol–water partition coefficient (Wildman–Crippen LogP) is 3.94. The van der Waals surface area contributed by atoms with Gasteiger partial charge in [0.1, 0.15) is 17.3 Å². The number of esters is 1. The summed E-state index contributed by atoms with van der Waals surface area (Å²) in [6.45, 7) is 3.68. The first kappa shape index (κ1) is 25.0. The number of benzene rings is 2. The van der Waals surface area contributed by atoms with Crippen molar-refractivity contribution in [3.8, 4) is 23.1 Å². The van der Waals surface area contributed by atoms with E-state index in [1.165, 1.54) is 15.9 Å². The zero-order valence-corrected chi connectivity index (χ0v) is 21.7. The molecule has 0 saturated carbocycles. The van der Waals surface area contributed by atoms with Crippen molar-refractivity contribution < 1.29 is 18.7 Å². The molecule has 0 N–H and O–H groups in total. The van der Waals surface area contributed by atoms with Gasteiger partial charge in [0, 0.05) is 11.6 Å². The number of nitriles is 1. The highest BCUT2D eigenvalue weighted by molar-refractivity contribution is 7.07. The molecule has 0 amide bonds. The molecule has 1 aliphatic rings. The molecule has 5 rings (SSSR count). The Balaban J connectivity index is 1.64. The van der Waals surface area contributed by atoms with E-state index in [1.807, 2.05) is 24.3 Å². The Morgan fingerprint density at radius 3 is 2.66 bits per heavy atom. The van der Waals surface area contributed by atoms with Crippen LogP contribution in [0.5, 0.6) is 5.75 Å². The Kier molecular flexibility index (Phi) is 6.81. The summed E-state index contributed by atoms with van der Waals surface area (Å²) in [5.74, 6) is 1.12. The third-order valence-corrected chi connectivity index (χ3v) is 7.14. The molecule has 38 heavy (non-hydrogen) atoms. The molecule has 190 valence electrons. The third-order valence-electron chi connectivity index (χ3n) is 6.16. The predicted molar refractivity (Wildman–Crippen MR) is 142 cm³/mol. The SMILES string of the molecule is CCOC(=O)C1=C(C)N=c2s/c(=C/c3ccc(-c4ccccc4C#N)o3)c(=O)n2C1c1ccc(OC)cc1. The average Bonchev–Trinajstić information content (AvgIpc) is 3.52. The van der Waals surface area contributed by atoms with Crippen molar-refractivity contribution in [1.82, 2.24) is 4.57 Å². The van der Waals surface area contributed by atoms with Crippen LogP contribution in [0.1, 0.15) is 36.8 Å². The molecular formula is C29H23N3O5S. The lowest BCUT2D eigenvalue weighted by molar-refractivity contribution is -0.139. The summed E-state index contributed by atoms with van der Waals surface area (Å²) in [5.41, 5.74) is 2.39. The molecule has 0 spiro atoms. The molecule has 4 aromatic rings. The van der Waals surface area contributed by atoms with Gasteiger partial charge in [-0.3, -0.25) is 9.36 Å². The summed E-state index contributed by atoms with van der Waals surface area (Å²) in [4.78, 5) is 31.8. The Morgan fingerprint density at radius 1 is 1.18 bits per heavy atom. The largest absolute Gasteiger partial charge is 0.497 e. The Morgan fingerprint density at radius 2 is 1.95 bits per heavy atom. The van der Waals surface area contributed by atoms with Crippen molar-refractivity contribution in [2.45, 2.75) is 19.9 Å². The molecule has 9 heteroatoms. The van der Waals surface area contributed by atoms with Gasteiger partial charge in [0.05, 0.1) is 47.2 Å². The highest BCUT2D eigenvalue weighted by atomic mass is 32.1. The molecule has 2 aromatic heterocycles. The minimum atomic E-state index is -0.715. The summed E-state index contributed by atoms with van der Waals surface area (Å²) >= 11 is 1.21. The van der Waals surface area contributed by atoms with Gasteiger partial charge in [-0.1, -0.05) is 35.6 Å². The number of ether oxygens (including phenoxy) is 2. The summed E-state index contributed by atoms with van der Waals surface area (Å²) < 4.78 is 18.5.